The van der Waals surface area contributed by atoms with Crippen molar-refractivity contribution in [3.05, 3.63) is 0 Å². The quantitative estimate of drug-likeness (QED) is 0.579. The van der Waals surface area contributed by atoms with Gasteiger partial charge in [0.25, 0.3) is 0 Å². The van der Waals surface area contributed by atoms with Crippen molar-refractivity contribution >= 4 is 7.12 Å². The highest BCUT2D eigenvalue weighted by Crippen LogP contribution is 2.22. The summed E-state index contributed by atoms with van der Waals surface area (Å²) in [7, 11) is -0.237. The van der Waals surface area contributed by atoms with Crippen molar-refractivity contribution in [1.82, 2.24) is 0 Å². The highest BCUT2D eigenvalue weighted by atomic mass is 16.6. The van der Waals surface area contributed by atoms with Crippen LogP contribution in [0.25, 0.3) is 0 Å². The van der Waals surface area contributed by atoms with Crippen LogP contribution in [0.2, 0.25) is 5.82 Å². The Hall–Kier alpha value is -0.525. The molecule has 3 nitrogen and oxygen atoms in total. The van der Waals surface area contributed by atoms with Gasteiger partial charge in [-0.1, -0.05) is 20.8 Å². The van der Waals surface area contributed by atoms with E-state index in [2.05, 4.69) is 19.9 Å². The van der Waals surface area contributed by atoms with Gasteiger partial charge in [0.1, 0.15) is 0 Å². The fourth-order valence-corrected chi connectivity index (χ4v) is 1.17. The van der Waals surface area contributed by atoms with Gasteiger partial charge in [0.2, 0.25) is 0 Å². The molecule has 0 saturated heterocycles. The molecule has 4 heteroatoms. The van der Waals surface area contributed by atoms with Gasteiger partial charge in [0, 0.05) is 24.9 Å². The van der Waals surface area contributed by atoms with Crippen molar-refractivity contribution < 1.29 is 9.31 Å². The van der Waals surface area contributed by atoms with Crippen LogP contribution in [0.3, 0.4) is 0 Å². The Labute approximate surface area is 93.9 Å². The Kier molecular flexibility index (Phi) is 8.45. The van der Waals surface area contributed by atoms with Crippen LogP contribution < -0.4 is 0 Å². The molecule has 15 heavy (non-hydrogen) atoms. The molecule has 0 aliphatic heterocycles. The monoisotopic (exact) mass is 211 g/mol. The first-order valence-corrected chi connectivity index (χ1v) is 5.80. The SMILES string of the molecule is CCCOB(OCCC)C(C)C(C)C#N. The smallest absolute Gasteiger partial charge is 0.411 e. The highest BCUT2D eigenvalue weighted by Gasteiger charge is 2.30. The normalized spacial score (nSPS) is 14.3. The zero-order chi connectivity index (χ0) is 11.7. The van der Waals surface area contributed by atoms with Crippen molar-refractivity contribution in [2.24, 2.45) is 5.92 Å². The minimum absolute atomic E-state index is 0.0382. The molecule has 0 rings (SSSR count). The fourth-order valence-electron chi connectivity index (χ4n) is 1.17. The summed E-state index contributed by atoms with van der Waals surface area (Å²) in [5, 5.41) is 8.84. The van der Waals surface area contributed by atoms with Crippen LogP contribution in [-0.4, -0.2) is 20.3 Å². The summed E-state index contributed by atoms with van der Waals surface area (Å²) in [6, 6.07) is 2.24. The van der Waals surface area contributed by atoms with Gasteiger partial charge < -0.3 is 9.31 Å². The van der Waals surface area contributed by atoms with Crippen molar-refractivity contribution in [2.45, 2.75) is 46.4 Å². The van der Waals surface area contributed by atoms with Crippen molar-refractivity contribution in [2.75, 3.05) is 13.2 Å². The molecule has 0 aromatic carbocycles. The zero-order valence-electron chi connectivity index (χ0n) is 10.3. The van der Waals surface area contributed by atoms with Gasteiger partial charge in [0.05, 0.1) is 6.07 Å². The van der Waals surface area contributed by atoms with Gasteiger partial charge in [-0.2, -0.15) is 5.26 Å². The van der Waals surface area contributed by atoms with Crippen LogP contribution in [0.1, 0.15) is 40.5 Å². The second-order valence-corrected chi connectivity index (χ2v) is 3.89. The van der Waals surface area contributed by atoms with E-state index in [0.717, 1.165) is 12.8 Å². The second kappa shape index (κ2) is 8.76. The van der Waals surface area contributed by atoms with E-state index in [4.69, 9.17) is 14.6 Å². The van der Waals surface area contributed by atoms with Crippen LogP contribution in [0.5, 0.6) is 0 Å². The van der Waals surface area contributed by atoms with Crippen molar-refractivity contribution in [3.8, 4) is 6.07 Å². The molecule has 0 bridgehead atoms. The predicted molar refractivity (Wildman–Crippen MR) is 62.4 cm³/mol. The van der Waals surface area contributed by atoms with E-state index >= 15 is 0 Å². The topological polar surface area (TPSA) is 42.2 Å². The lowest BCUT2D eigenvalue weighted by Gasteiger charge is -2.21. The minimum atomic E-state index is -0.237. The number of hydrogen-bond acceptors (Lipinski definition) is 3. The van der Waals surface area contributed by atoms with Crippen LogP contribution in [-0.2, 0) is 9.31 Å². The van der Waals surface area contributed by atoms with Crippen molar-refractivity contribution in [1.29, 1.82) is 5.26 Å². The molecule has 0 aromatic heterocycles. The molecule has 0 aliphatic rings. The maximum atomic E-state index is 8.84. The van der Waals surface area contributed by atoms with E-state index in [1.807, 2.05) is 13.8 Å². The third-order valence-corrected chi connectivity index (χ3v) is 2.39. The van der Waals surface area contributed by atoms with Crippen LogP contribution in [0.15, 0.2) is 0 Å². The third-order valence-electron chi connectivity index (χ3n) is 2.39. The van der Waals surface area contributed by atoms with E-state index in [1.165, 1.54) is 0 Å². The lowest BCUT2D eigenvalue weighted by Crippen LogP contribution is -2.31. The summed E-state index contributed by atoms with van der Waals surface area (Å²) in [6.07, 6.45) is 1.94. The van der Waals surface area contributed by atoms with Crippen LogP contribution in [0.4, 0.5) is 0 Å². The largest absolute Gasteiger partial charge is 0.461 e. The number of nitriles is 1. The maximum Gasteiger partial charge on any atom is 0.461 e. The lowest BCUT2D eigenvalue weighted by atomic mass is 9.66. The molecule has 0 amide bonds. The molecule has 0 radical (unpaired) electrons. The average molecular weight is 211 g/mol. The van der Waals surface area contributed by atoms with Gasteiger partial charge >= 0.3 is 7.12 Å². The average Bonchev–Trinajstić information content (AvgIpc) is 2.27. The molecule has 0 aromatic rings. The maximum absolute atomic E-state index is 8.84. The molecular formula is C11H22BNO2. The number of nitrogens with zero attached hydrogens (tertiary/aromatic N) is 1. The Morgan fingerprint density at radius 1 is 1.13 bits per heavy atom. The first-order chi connectivity index (χ1) is 7.17. The summed E-state index contributed by atoms with van der Waals surface area (Å²) in [5.74, 6) is 0.0804. The molecule has 0 N–H and O–H groups in total. The summed E-state index contributed by atoms with van der Waals surface area (Å²) < 4.78 is 11.2. The molecule has 0 fully saturated rings. The molecule has 0 spiro atoms. The first-order valence-electron chi connectivity index (χ1n) is 5.80. The van der Waals surface area contributed by atoms with Crippen molar-refractivity contribution in [3.63, 3.8) is 0 Å². The van der Waals surface area contributed by atoms with E-state index in [1.54, 1.807) is 0 Å². The van der Waals surface area contributed by atoms with Gasteiger partial charge in [-0.05, 0) is 19.8 Å². The Morgan fingerprint density at radius 2 is 1.60 bits per heavy atom. The molecule has 0 heterocycles. The molecule has 0 saturated carbocycles. The molecule has 2 unspecified atom stereocenters. The van der Waals surface area contributed by atoms with Crippen LogP contribution >= 0.6 is 0 Å². The summed E-state index contributed by atoms with van der Waals surface area (Å²) in [5.41, 5.74) is 0. The summed E-state index contributed by atoms with van der Waals surface area (Å²) >= 11 is 0. The number of rotatable bonds is 8. The first kappa shape index (κ1) is 14.5. The standard InChI is InChI=1S/C11H22BNO2/c1-5-7-14-12(15-8-6-2)11(4)10(3)9-13/h10-11H,5-8H2,1-4H3. The van der Waals surface area contributed by atoms with Gasteiger partial charge in [0.15, 0.2) is 0 Å². The Balaban J connectivity index is 4.14. The predicted octanol–water partition coefficient (Wildman–Crippen LogP) is 2.88. The fraction of sp³-hybridized carbons (Fsp3) is 0.909. The van der Waals surface area contributed by atoms with E-state index in [-0.39, 0.29) is 18.9 Å². The second-order valence-electron chi connectivity index (χ2n) is 3.89. The summed E-state index contributed by atoms with van der Waals surface area (Å²) in [6.45, 7) is 9.42. The molecule has 0 aliphatic carbocycles. The van der Waals surface area contributed by atoms with E-state index in [0.29, 0.717) is 13.2 Å². The van der Waals surface area contributed by atoms with Gasteiger partial charge in [-0.15, -0.1) is 0 Å². The van der Waals surface area contributed by atoms with E-state index < -0.39 is 0 Å². The third kappa shape index (κ3) is 5.81. The van der Waals surface area contributed by atoms with Gasteiger partial charge in [-0.25, -0.2) is 0 Å². The number of hydrogen-bond donors (Lipinski definition) is 0. The highest BCUT2D eigenvalue weighted by molar-refractivity contribution is 6.46. The molecular weight excluding hydrogens is 189 g/mol. The molecule has 86 valence electrons. The summed E-state index contributed by atoms with van der Waals surface area (Å²) in [4.78, 5) is 0. The molecule has 2 atom stereocenters. The minimum Gasteiger partial charge on any atom is -0.411 e. The van der Waals surface area contributed by atoms with E-state index in [9.17, 15) is 0 Å². The van der Waals surface area contributed by atoms with Crippen LogP contribution in [0, 0.1) is 17.2 Å². The zero-order valence-corrected chi connectivity index (χ0v) is 10.3. The Bertz CT molecular complexity index is 186. The lowest BCUT2D eigenvalue weighted by molar-refractivity contribution is 0.185. The van der Waals surface area contributed by atoms with Gasteiger partial charge in [-0.3, -0.25) is 0 Å². The Morgan fingerprint density at radius 3 is 1.93 bits per heavy atom.